The SMILES string of the molecule is NCNCCNCNCN. The predicted molar refractivity (Wildman–Crippen MR) is 42.1 cm³/mol. The van der Waals surface area contributed by atoms with Crippen LogP contribution in [0.5, 0.6) is 0 Å². The zero-order valence-corrected chi connectivity index (χ0v) is 6.19. The van der Waals surface area contributed by atoms with Crippen LogP contribution in [-0.2, 0) is 0 Å². The third-order valence-electron chi connectivity index (χ3n) is 1.02. The molecule has 0 atom stereocenters. The highest BCUT2D eigenvalue weighted by Gasteiger charge is 1.82. The number of nitrogens with one attached hydrogen (secondary N) is 3. The van der Waals surface area contributed by atoms with Crippen molar-refractivity contribution in [2.45, 2.75) is 0 Å². The first kappa shape index (κ1) is 9.80. The zero-order chi connectivity index (χ0) is 7.66. The van der Waals surface area contributed by atoms with Gasteiger partial charge in [-0.3, -0.25) is 5.32 Å². The van der Waals surface area contributed by atoms with Gasteiger partial charge >= 0.3 is 0 Å². The van der Waals surface area contributed by atoms with E-state index in [1.807, 2.05) is 0 Å². The highest BCUT2D eigenvalue weighted by Crippen LogP contribution is 1.53. The summed E-state index contributed by atoms with van der Waals surface area (Å²) in [7, 11) is 0. The van der Waals surface area contributed by atoms with Crippen molar-refractivity contribution in [2.24, 2.45) is 11.5 Å². The van der Waals surface area contributed by atoms with Crippen LogP contribution >= 0.6 is 0 Å². The first-order valence-electron chi connectivity index (χ1n) is 3.44. The Bertz CT molecular complexity index is 50.0. The summed E-state index contributed by atoms with van der Waals surface area (Å²) in [5.41, 5.74) is 10.4. The summed E-state index contributed by atoms with van der Waals surface area (Å²) < 4.78 is 0. The Labute approximate surface area is 61.5 Å². The first-order valence-corrected chi connectivity index (χ1v) is 3.44. The molecule has 0 fully saturated rings. The van der Waals surface area contributed by atoms with Crippen molar-refractivity contribution in [1.82, 2.24) is 16.0 Å². The molecule has 0 saturated heterocycles. The lowest BCUT2D eigenvalue weighted by molar-refractivity contribution is 0.567. The molecule has 0 rings (SSSR count). The van der Waals surface area contributed by atoms with Crippen LogP contribution < -0.4 is 27.4 Å². The molecule has 0 saturated carbocycles. The summed E-state index contributed by atoms with van der Waals surface area (Å²) in [5.74, 6) is 0. The Morgan fingerprint density at radius 3 is 2.00 bits per heavy atom. The molecule has 0 aromatic carbocycles. The number of rotatable bonds is 7. The Morgan fingerprint density at radius 2 is 1.40 bits per heavy atom. The first-order chi connectivity index (χ1) is 4.91. The predicted octanol–water partition coefficient (Wildman–Crippen LogP) is -2.45. The molecule has 0 aromatic heterocycles. The van der Waals surface area contributed by atoms with Gasteiger partial charge in [0.1, 0.15) is 0 Å². The van der Waals surface area contributed by atoms with Crippen LogP contribution in [-0.4, -0.2) is 33.1 Å². The van der Waals surface area contributed by atoms with Gasteiger partial charge in [0.25, 0.3) is 0 Å². The van der Waals surface area contributed by atoms with E-state index in [4.69, 9.17) is 11.5 Å². The molecule has 10 heavy (non-hydrogen) atoms. The molecular weight excluding hydrogens is 130 g/mol. The van der Waals surface area contributed by atoms with Crippen molar-refractivity contribution in [3.8, 4) is 0 Å². The summed E-state index contributed by atoms with van der Waals surface area (Å²) in [6.07, 6.45) is 0. The molecule has 0 aliphatic carbocycles. The van der Waals surface area contributed by atoms with Crippen molar-refractivity contribution in [3.63, 3.8) is 0 Å². The van der Waals surface area contributed by atoms with Crippen LogP contribution in [0.2, 0.25) is 0 Å². The summed E-state index contributed by atoms with van der Waals surface area (Å²) in [6.45, 7) is 3.60. The number of nitrogens with two attached hydrogens (primary N) is 2. The minimum atomic E-state index is 0.511. The second kappa shape index (κ2) is 8.80. The van der Waals surface area contributed by atoms with Gasteiger partial charge in [0.2, 0.25) is 0 Å². The normalized spacial score (nSPS) is 10.2. The van der Waals surface area contributed by atoms with E-state index in [0.29, 0.717) is 13.3 Å². The molecule has 0 amide bonds. The van der Waals surface area contributed by atoms with Gasteiger partial charge in [0, 0.05) is 33.1 Å². The molecule has 5 heteroatoms. The maximum Gasteiger partial charge on any atom is 0.0464 e. The molecule has 0 spiro atoms. The van der Waals surface area contributed by atoms with Gasteiger partial charge in [0.05, 0.1) is 0 Å². The molecule has 0 aromatic rings. The monoisotopic (exact) mass is 147 g/mol. The number of hydrogen-bond acceptors (Lipinski definition) is 5. The standard InChI is InChI=1S/C5H17N5/c6-3-8-1-2-9-5-10-4-7/h8-10H,1-7H2. The van der Waals surface area contributed by atoms with E-state index in [1.165, 1.54) is 0 Å². The molecule has 0 aliphatic heterocycles. The Hall–Kier alpha value is -0.200. The van der Waals surface area contributed by atoms with Gasteiger partial charge in [-0.2, -0.15) is 0 Å². The Balaban J connectivity index is 2.65. The molecule has 5 nitrogen and oxygen atoms in total. The summed E-state index contributed by atoms with van der Waals surface area (Å²) in [5, 5.41) is 9.03. The van der Waals surface area contributed by atoms with E-state index >= 15 is 0 Å². The van der Waals surface area contributed by atoms with Gasteiger partial charge in [0.15, 0.2) is 0 Å². The number of hydrogen-bond donors (Lipinski definition) is 5. The summed E-state index contributed by atoms with van der Waals surface area (Å²) >= 11 is 0. The Morgan fingerprint density at radius 1 is 0.800 bits per heavy atom. The van der Waals surface area contributed by atoms with Crippen LogP contribution in [0.3, 0.4) is 0 Å². The average Bonchev–Trinajstić information content (AvgIpc) is 1.97. The lowest BCUT2D eigenvalue weighted by Crippen LogP contribution is -2.37. The summed E-state index contributed by atoms with van der Waals surface area (Å²) in [6, 6.07) is 0. The average molecular weight is 147 g/mol. The van der Waals surface area contributed by atoms with E-state index in [9.17, 15) is 0 Å². The van der Waals surface area contributed by atoms with E-state index in [-0.39, 0.29) is 0 Å². The lowest BCUT2D eigenvalue weighted by atomic mass is 10.6. The van der Waals surface area contributed by atoms with E-state index in [0.717, 1.165) is 19.8 Å². The molecular formula is C5H17N5. The van der Waals surface area contributed by atoms with E-state index < -0.39 is 0 Å². The van der Waals surface area contributed by atoms with Crippen molar-refractivity contribution >= 4 is 0 Å². The molecule has 0 bridgehead atoms. The van der Waals surface area contributed by atoms with Crippen molar-refractivity contribution in [1.29, 1.82) is 0 Å². The van der Waals surface area contributed by atoms with Crippen LogP contribution in [0.25, 0.3) is 0 Å². The minimum Gasteiger partial charge on any atom is -0.318 e. The molecule has 0 aliphatic rings. The zero-order valence-electron chi connectivity index (χ0n) is 6.19. The van der Waals surface area contributed by atoms with Crippen LogP contribution in [0.4, 0.5) is 0 Å². The second-order valence-corrected chi connectivity index (χ2v) is 1.84. The molecule has 0 unspecified atom stereocenters. The van der Waals surface area contributed by atoms with Crippen LogP contribution in [0.15, 0.2) is 0 Å². The van der Waals surface area contributed by atoms with Gasteiger partial charge in [-0.15, -0.1) is 0 Å². The van der Waals surface area contributed by atoms with Crippen LogP contribution in [0.1, 0.15) is 0 Å². The minimum absolute atomic E-state index is 0.511. The van der Waals surface area contributed by atoms with Crippen molar-refractivity contribution < 1.29 is 0 Å². The van der Waals surface area contributed by atoms with Crippen LogP contribution in [0, 0.1) is 0 Å². The quantitative estimate of drug-likeness (QED) is 0.204. The van der Waals surface area contributed by atoms with Gasteiger partial charge in [-0.05, 0) is 0 Å². The molecule has 62 valence electrons. The highest BCUT2D eigenvalue weighted by molar-refractivity contribution is 4.47. The van der Waals surface area contributed by atoms with E-state index in [2.05, 4.69) is 16.0 Å². The summed E-state index contributed by atoms with van der Waals surface area (Å²) in [4.78, 5) is 0. The highest BCUT2D eigenvalue weighted by atomic mass is 15.1. The fraction of sp³-hybridized carbons (Fsp3) is 1.00. The fourth-order valence-corrected chi connectivity index (χ4v) is 0.528. The van der Waals surface area contributed by atoms with Gasteiger partial charge < -0.3 is 22.1 Å². The van der Waals surface area contributed by atoms with E-state index in [1.54, 1.807) is 0 Å². The van der Waals surface area contributed by atoms with Gasteiger partial charge in [-0.25, -0.2) is 0 Å². The van der Waals surface area contributed by atoms with Crippen molar-refractivity contribution in [3.05, 3.63) is 0 Å². The molecule has 0 heterocycles. The maximum atomic E-state index is 5.19. The lowest BCUT2D eigenvalue weighted by Gasteiger charge is -2.04. The maximum absolute atomic E-state index is 5.19. The molecule has 0 radical (unpaired) electrons. The smallest absolute Gasteiger partial charge is 0.0464 e. The second-order valence-electron chi connectivity index (χ2n) is 1.84. The molecule has 7 N–H and O–H groups in total. The largest absolute Gasteiger partial charge is 0.318 e. The third-order valence-corrected chi connectivity index (χ3v) is 1.02. The third kappa shape index (κ3) is 7.80. The Kier molecular flexibility index (Phi) is 8.62. The topological polar surface area (TPSA) is 88.1 Å². The van der Waals surface area contributed by atoms with Gasteiger partial charge in [-0.1, -0.05) is 0 Å². The fourth-order valence-electron chi connectivity index (χ4n) is 0.528. The van der Waals surface area contributed by atoms with Crippen molar-refractivity contribution in [2.75, 3.05) is 33.1 Å².